The fraction of sp³-hybridized carbons (Fsp3) is 0.556. The lowest BCUT2D eigenvalue weighted by Crippen LogP contribution is -2.31. The zero-order valence-corrected chi connectivity index (χ0v) is 10.9. The Balaban J connectivity index is 2.19. The molecule has 1 saturated heterocycles. The smallest absolute Gasteiger partial charge is 0.330 e. The van der Waals surface area contributed by atoms with Crippen molar-refractivity contribution in [2.45, 2.75) is 24.9 Å². The van der Waals surface area contributed by atoms with E-state index in [0.29, 0.717) is 0 Å². The van der Waals surface area contributed by atoms with Gasteiger partial charge in [-0.2, -0.15) is 0 Å². The van der Waals surface area contributed by atoms with Gasteiger partial charge in [0.05, 0.1) is 12.7 Å². The molecule has 1 aromatic heterocycles. The van der Waals surface area contributed by atoms with Gasteiger partial charge in [-0.25, -0.2) is 4.79 Å². The van der Waals surface area contributed by atoms with E-state index in [9.17, 15) is 14.7 Å². The summed E-state index contributed by atoms with van der Waals surface area (Å²) in [6.45, 7) is 0.246. The number of aliphatic hydroxyl groups is 1. The number of nitrogens with one attached hydrogen (secondary N) is 1. The Bertz CT molecular complexity index is 499. The van der Waals surface area contributed by atoms with Gasteiger partial charge in [0.15, 0.2) is 0 Å². The SMILES string of the molecule is O=c1ccn([C@@H]2CC(O)[C@H](COI)O2)c(=O)[nH]1. The lowest BCUT2D eigenvalue weighted by atomic mass is 10.2. The highest BCUT2D eigenvalue weighted by Crippen LogP contribution is 2.27. The van der Waals surface area contributed by atoms with Crippen LogP contribution >= 0.6 is 23.0 Å². The van der Waals surface area contributed by atoms with Crippen LogP contribution in [-0.2, 0) is 7.80 Å². The van der Waals surface area contributed by atoms with Gasteiger partial charge in [0, 0.05) is 18.7 Å². The zero-order chi connectivity index (χ0) is 12.4. The number of hydrogen-bond acceptors (Lipinski definition) is 5. The van der Waals surface area contributed by atoms with E-state index in [1.807, 2.05) is 0 Å². The number of aromatic amines is 1. The Morgan fingerprint density at radius 1 is 1.65 bits per heavy atom. The quantitative estimate of drug-likeness (QED) is 0.718. The Morgan fingerprint density at radius 2 is 2.41 bits per heavy atom. The van der Waals surface area contributed by atoms with Gasteiger partial charge in [0.1, 0.15) is 35.3 Å². The molecule has 1 aromatic rings. The largest absolute Gasteiger partial charge is 0.390 e. The Labute approximate surface area is 110 Å². The maximum Gasteiger partial charge on any atom is 0.330 e. The molecule has 0 saturated carbocycles. The summed E-state index contributed by atoms with van der Waals surface area (Å²) in [4.78, 5) is 24.6. The number of hydrogen-bond donors (Lipinski definition) is 2. The van der Waals surface area contributed by atoms with E-state index in [-0.39, 0.29) is 13.0 Å². The van der Waals surface area contributed by atoms with Gasteiger partial charge < -0.3 is 12.9 Å². The number of aromatic nitrogens is 2. The lowest BCUT2D eigenvalue weighted by Gasteiger charge is -2.14. The molecule has 1 unspecified atom stereocenters. The number of H-pyrrole nitrogens is 1. The molecule has 7 nitrogen and oxygen atoms in total. The molecule has 8 heteroatoms. The van der Waals surface area contributed by atoms with Crippen LogP contribution in [0, 0.1) is 0 Å². The number of ether oxygens (including phenoxy) is 1. The molecule has 0 amide bonds. The monoisotopic (exact) mass is 354 g/mol. The molecule has 2 heterocycles. The van der Waals surface area contributed by atoms with Crippen LogP contribution in [0.15, 0.2) is 21.9 Å². The van der Waals surface area contributed by atoms with E-state index in [1.54, 1.807) is 23.0 Å². The fourth-order valence-corrected chi connectivity index (χ4v) is 2.11. The summed E-state index contributed by atoms with van der Waals surface area (Å²) in [5, 5.41) is 9.70. The first kappa shape index (κ1) is 12.7. The van der Waals surface area contributed by atoms with Gasteiger partial charge in [-0.1, -0.05) is 0 Å². The van der Waals surface area contributed by atoms with Crippen LogP contribution in [0.25, 0.3) is 0 Å². The molecule has 94 valence electrons. The molecule has 0 radical (unpaired) electrons. The van der Waals surface area contributed by atoms with Crippen molar-refractivity contribution in [1.29, 1.82) is 0 Å². The summed E-state index contributed by atoms with van der Waals surface area (Å²) in [6.07, 6.45) is -0.0853. The van der Waals surface area contributed by atoms with Crippen LogP contribution in [0.1, 0.15) is 12.6 Å². The molecule has 0 aliphatic carbocycles. The molecule has 1 aliphatic rings. The second-order valence-corrected chi connectivity index (χ2v) is 4.35. The molecular weight excluding hydrogens is 343 g/mol. The summed E-state index contributed by atoms with van der Waals surface area (Å²) >= 11 is 1.71. The van der Waals surface area contributed by atoms with Gasteiger partial charge in [-0.3, -0.25) is 14.3 Å². The first-order valence-electron chi connectivity index (χ1n) is 5.00. The number of halogens is 1. The summed E-state index contributed by atoms with van der Waals surface area (Å²) in [7, 11) is 0. The van der Waals surface area contributed by atoms with Crippen molar-refractivity contribution in [2.24, 2.45) is 0 Å². The average Bonchev–Trinajstić information content (AvgIpc) is 2.60. The first-order chi connectivity index (χ1) is 8.11. The molecule has 1 aliphatic heterocycles. The zero-order valence-electron chi connectivity index (χ0n) is 8.71. The molecule has 2 N–H and O–H groups in total. The van der Waals surface area contributed by atoms with Gasteiger partial charge in [0.2, 0.25) is 0 Å². The highest BCUT2D eigenvalue weighted by molar-refractivity contribution is 14.1. The minimum atomic E-state index is -0.686. The summed E-state index contributed by atoms with van der Waals surface area (Å²) in [5.74, 6) is 0. The van der Waals surface area contributed by atoms with Crippen molar-refractivity contribution in [3.63, 3.8) is 0 Å². The van der Waals surface area contributed by atoms with Gasteiger partial charge in [0.25, 0.3) is 5.56 Å². The summed E-state index contributed by atoms with van der Waals surface area (Å²) in [6, 6.07) is 1.24. The van der Waals surface area contributed by atoms with Crippen molar-refractivity contribution in [3.8, 4) is 0 Å². The van der Waals surface area contributed by atoms with Crippen molar-refractivity contribution >= 4 is 23.0 Å². The summed E-state index contributed by atoms with van der Waals surface area (Å²) in [5.41, 5.74) is -1.01. The Hall–Kier alpha value is -0.710. The lowest BCUT2D eigenvalue weighted by molar-refractivity contribution is -0.0347. The van der Waals surface area contributed by atoms with Crippen LogP contribution in [0.5, 0.6) is 0 Å². The minimum Gasteiger partial charge on any atom is -0.390 e. The molecule has 2 rings (SSSR count). The third kappa shape index (κ3) is 2.76. The van der Waals surface area contributed by atoms with Crippen LogP contribution in [0.3, 0.4) is 0 Å². The van der Waals surface area contributed by atoms with E-state index >= 15 is 0 Å². The molecule has 3 atom stereocenters. The van der Waals surface area contributed by atoms with Crippen molar-refractivity contribution in [1.82, 2.24) is 9.55 Å². The predicted molar refractivity (Wildman–Crippen MR) is 65.8 cm³/mol. The van der Waals surface area contributed by atoms with Crippen molar-refractivity contribution in [2.75, 3.05) is 6.61 Å². The Kier molecular flexibility index (Phi) is 3.97. The van der Waals surface area contributed by atoms with Gasteiger partial charge in [-0.15, -0.1) is 0 Å². The van der Waals surface area contributed by atoms with Crippen LogP contribution in [0.4, 0.5) is 0 Å². The van der Waals surface area contributed by atoms with Crippen LogP contribution in [-0.4, -0.2) is 33.5 Å². The maximum absolute atomic E-state index is 11.5. The molecule has 0 spiro atoms. The Morgan fingerprint density at radius 3 is 3.06 bits per heavy atom. The standard InChI is InChI=1S/C9H11IN2O5/c10-16-4-6-5(13)3-8(17-6)12-2-1-7(14)11-9(12)15/h1-2,5-6,8,13H,3-4H2,(H,11,14,15)/t5?,6-,8-/m0/s1. The number of rotatable bonds is 3. The highest BCUT2D eigenvalue weighted by atomic mass is 127. The molecule has 0 aromatic carbocycles. The number of nitrogens with zero attached hydrogens (tertiary/aromatic N) is 1. The first-order valence-corrected chi connectivity index (χ1v) is 5.88. The second-order valence-electron chi connectivity index (χ2n) is 3.73. The second kappa shape index (κ2) is 5.29. The third-order valence-corrected chi connectivity index (χ3v) is 2.95. The normalized spacial score (nSPS) is 28.5. The minimum absolute atomic E-state index is 0.246. The van der Waals surface area contributed by atoms with E-state index in [1.165, 1.54) is 16.8 Å². The highest BCUT2D eigenvalue weighted by Gasteiger charge is 2.35. The van der Waals surface area contributed by atoms with E-state index in [2.05, 4.69) is 4.98 Å². The van der Waals surface area contributed by atoms with Gasteiger partial charge >= 0.3 is 5.69 Å². The van der Waals surface area contributed by atoms with E-state index < -0.39 is 29.7 Å². The molecule has 17 heavy (non-hydrogen) atoms. The van der Waals surface area contributed by atoms with Crippen molar-refractivity contribution in [3.05, 3.63) is 33.1 Å². The predicted octanol–water partition coefficient (Wildman–Crippen LogP) is -0.448. The molecule has 0 bridgehead atoms. The van der Waals surface area contributed by atoms with Crippen LogP contribution in [0.2, 0.25) is 0 Å². The maximum atomic E-state index is 11.5. The number of aliphatic hydroxyl groups excluding tert-OH is 1. The fourth-order valence-electron chi connectivity index (χ4n) is 1.75. The van der Waals surface area contributed by atoms with E-state index in [4.69, 9.17) is 7.80 Å². The van der Waals surface area contributed by atoms with Crippen molar-refractivity contribution < 1.29 is 12.9 Å². The molecule has 1 fully saturated rings. The van der Waals surface area contributed by atoms with Gasteiger partial charge in [-0.05, 0) is 0 Å². The van der Waals surface area contributed by atoms with Crippen LogP contribution < -0.4 is 11.2 Å². The topological polar surface area (TPSA) is 93.6 Å². The van der Waals surface area contributed by atoms with E-state index in [0.717, 1.165) is 0 Å². The molecular formula is C9H11IN2O5. The third-order valence-electron chi connectivity index (χ3n) is 2.59. The summed E-state index contributed by atoms with van der Waals surface area (Å²) < 4.78 is 11.6. The average molecular weight is 354 g/mol.